The normalized spacial score (nSPS) is 11.3. The van der Waals surface area contributed by atoms with Crippen molar-refractivity contribution < 1.29 is 15.1 Å². The topological polar surface area (TPSA) is 86.8 Å². The van der Waals surface area contributed by atoms with Crippen molar-refractivity contribution in [1.29, 1.82) is 0 Å². The van der Waals surface area contributed by atoms with Crippen LogP contribution in [0.1, 0.15) is 22.8 Å². The molecule has 0 aliphatic rings. The minimum absolute atomic E-state index is 0.00765. The van der Waals surface area contributed by atoms with Crippen molar-refractivity contribution in [2.24, 2.45) is 5.73 Å². The number of benzene rings is 1. The van der Waals surface area contributed by atoms with Crippen molar-refractivity contribution in [3.8, 4) is 11.8 Å². The minimum Gasteiger partial charge on any atom is -0.376 e. The Morgan fingerprint density at radius 1 is 1.33 bits per heavy atom. The number of hydroxylamine groups is 2. The molecule has 0 saturated carbocycles. The molecule has 2 aromatic rings. The summed E-state index contributed by atoms with van der Waals surface area (Å²) in [6.07, 6.45) is -0.889. The Morgan fingerprint density at radius 2 is 2.05 bits per heavy atom. The Bertz CT molecular complexity index is 656. The van der Waals surface area contributed by atoms with Crippen LogP contribution in [0.3, 0.4) is 0 Å². The van der Waals surface area contributed by atoms with Gasteiger partial charge in [0.15, 0.2) is 0 Å². The lowest BCUT2D eigenvalue weighted by Crippen LogP contribution is -2.31. The molecule has 0 radical (unpaired) electrons. The van der Waals surface area contributed by atoms with E-state index in [0.29, 0.717) is 16.2 Å². The summed E-state index contributed by atoms with van der Waals surface area (Å²) in [7, 11) is 0. The van der Waals surface area contributed by atoms with Crippen LogP contribution in [-0.2, 0) is 6.54 Å². The molecule has 1 unspecified atom stereocenters. The molecule has 1 aromatic carbocycles. The van der Waals surface area contributed by atoms with Crippen molar-refractivity contribution in [1.82, 2.24) is 5.06 Å². The van der Waals surface area contributed by atoms with E-state index in [9.17, 15) is 15.1 Å². The molecule has 4 N–H and O–H groups in total. The molecule has 1 aromatic heterocycles. The van der Waals surface area contributed by atoms with Crippen LogP contribution in [-0.4, -0.2) is 21.4 Å². The number of carbonyl (C=O) groups excluding carboxylic acids is 1. The summed E-state index contributed by atoms with van der Waals surface area (Å²) in [6.45, 7) is -0.00765. The second kappa shape index (κ2) is 6.90. The van der Waals surface area contributed by atoms with Crippen LogP contribution in [0.5, 0.6) is 0 Å². The van der Waals surface area contributed by atoms with Crippen molar-refractivity contribution >= 4 is 17.4 Å². The number of nitrogens with zero attached hydrogens (tertiary/aromatic N) is 1. The van der Waals surface area contributed by atoms with Crippen molar-refractivity contribution in [3.63, 3.8) is 0 Å². The Balaban J connectivity index is 2.03. The molecular weight excluding hydrogens is 288 g/mol. The highest BCUT2D eigenvalue weighted by atomic mass is 32.1. The van der Waals surface area contributed by atoms with E-state index in [1.807, 2.05) is 16.8 Å². The quantitative estimate of drug-likeness (QED) is 0.461. The largest absolute Gasteiger partial charge is 0.376 e. The first-order valence-electron chi connectivity index (χ1n) is 6.13. The lowest BCUT2D eigenvalue weighted by molar-refractivity contribution is -0.0470. The van der Waals surface area contributed by atoms with Gasteiger partial charge in [0, 0.05) is 10.9 Å². The monoisotopic (exact) mass is 302 g/mol. The highest BCUT2D eigenvalue weighted by Gasteiger charge is 2.08. The summed E-state index contributed by atoms with van der Waals surface area (Å²) in [6, 6.07) is 7.73. The molecule has 2 amide bonds. The van der Waals surface area contributed by atoms with Gasteiger partial charge in [0.25, 0.3) is 0 Å². The number of amides is 2. The summed E-state index contributed by atoms with van der Waals surface area (Å²) in [5, 5.41) is 23.5. The van der Waals surface area contributed by atoms with E-state index in [4.69, 9.17) is 5.73 Å². The summed E-state index contributed by atoms with van der Waals surface area (Å²) < 4.78 is 0. The smallest absolute Gasteiger partial charge is 0.338 e. The molecule has 2 rings (SSSR count). The molecule has 0 aliphatic carbocycles. The van der Waals surface area contributed by atoms with Crippen molar-refractivity contribution in [2.75, 3.05) is 0 Å². The number of aliphatic hydroxyl groups is 1. The van der Waals surface area contributed by atoms with Crippen molar-refractivity contribution in [2.45, 2.75) is 12.6 Å². The van der Waals surface area contributed by atoms with E-state index in [-0.39, 0.29) is 6.54 Å². The number of thiophene rings is 1. The zero-order valence-corrected chi connectivity index (χ0v) is 11.9. The zero-order valence-electron chi connectivity index (χ0n) is 11.1. The molecule has 0 spiro atoms. The van der Waals surface area contributed by atoms with E-state index >= 15 is 0 Å². The number of carbonyl (C=O) groups is 1. The molecule has 6 heteroatoms. The van der Waals surface area contributed by atoms with Gasteiger partial charge in [-0.25, -0.2) is 9.86 Å². The fourth-order valence-electron chi connectivity index (χ4n) is 1.63. The van der Waals surface area contributed by atoms with Gasteiger partial charge < -0.3 is 10.8 Å². The van der Waals surface area contributed by atoms with Crippen LogP contribution in [0.15, 0.2) is 41.1 Å². The van der Waals surface area contributed by atoms with Gasteiger partial charge in [-0.2, -0.15) is 11.3 Å². The fourth-order valence-corrected chi connectivity index (χ4v) is 2.21. The van der Waals surface area contributed by atoms with Crippen LogP contribution < -0.4 is 5.73 Å². The van der Waals surface area contributed by atoms with Gasteiger partial charge in [0.2, 0.25) is 0 Å². The Labute approximate surface area is 126 Å². The molecule has 21 heavy (non-hydrogen) atoms. The average Bonchev–Trinajstić information content (AvgIpc) is 2.98. The van der Waals surface area contributed by atoms with Gasteiger partial charge in [0.05, 0.1) is 6.54 Å². The number of hydrogen-bond donors (Lipinski definition) is 3. The maximum Gasteiger partial charge on any atom is 0.338 e. The van der Waals surface area contributed by atoms with E-state index in [1.54, 1.807) is 35.6 Å². The maximum absolute atomic E-state index is 10.7. The van der Waals surface area contributed by atoms with E-state index in [2.05, 4.69) is 11.8 Å². The van der Waals surface area contributed by atoms with E-state index in [1.165, 1.54) is 0 Å². The Morgan fingerprint density at radius 3 is 2.62 bits per heavy atom. The predicted octanol–water partition coefficient (Wildman–Crippen LogP) is 2.10. The number of urea groups is 1. The van der Waals surface area contributed by atoms with Gasteiger partial charge in [-0.3, -0.25) is 5.21 Å². The third-order valence-electron chi connectivity index (χ3n) is 2.76. The van der Waals surface area contributed by atoms with E-state index in [0.717, 1.165) is 5.56 Å². The van der Waals surface area contributed by atoms with Crippen LogP contribution in [0.25, 0.3) is 0 Å². The number of primary amides is 1. The third-order valence-corrected chi connectivity index (χ3v) is 3.44. The average molecular weight is 302 g/mol. The Hall–Kier alpha value is -2.33. The summed E-state index contributed by atoms with van der Waals surface area (Å²) in [4.78, 5) is 10.7. The zero-order chi connectivity index (χ0) is 15.2. The molecule has 0 bridgehead atoms. The van der Waals surface area contributed by atoms with Crippen LogP contribution in [0.2, 0.25) is 0 Å². The third kappa shape index (κ3) is 4.33. The molecule has 1 heterocycles. The molecule has 0 fully saturated rings. The molecule has 0 aliphatic heterocycles. The first-order valence-corrected chi connectivity index (χ1v) is 7.07. The summed E-state index contributed by atoms with van der Waals surface area (Å²) in [5.41, 5.74) is 7.13. The van der Waals surface area contributed by atoms with Gasteiger partial charge in [-0.15, -0.1) is 0 Å². The van der Waals surface area contributed by atoms with Crippen LogP contribution in [0.4, 0.5) is 4.79 Å². The number of hydrogen-bond acceptors (Lipinski definition) is 4. The maximum atomic E-state index is 10.7. The molecule has 108 valence electrons. The molecule has 1 atom stereocenters. The standard InChI is InChI=1S/C15H14N2O3S/c16-15(19)17(20)9-11-1-4-13(5-2-11)14(18)6-3-12-7-8-21-10-12/h1-2,4-5,7-8,10,14,18,20H,9H2,(H2,16,19). The SMILES string of the molecule is NC(=O)N(O)Cc1ccc(C(O)C#Cc2ccsc2)cc1. The number of aliphatic hydroxyl groups excluding tert-OH is 1. The van der Waals surface area contributed by atoms with Crippen LogP contribution in [0, 0.1) is 11.8 Å². The molecular formula is C15H14N2O3S. The van der Waals surface area contributed by atoms with E-state index < -0.39 is 12.1 Å². The van der Waals surface area contributed by atoms with Crippen LogP contribution >= 0.6 is 11.3 Å². The first-order chi connectivity index (χ1) is 10.1. The second-order valence-corrected chi connectivity index (χ2v) is 5.10. The fraction of sp³-hybridized carbons (Fsp3) is 0.133. The highest BCUT2D eigenvalue weighted by molar-refractivity contribution is 7.08. The lowest BCUT2D eigenvalue weighted by atomic mass is 10.1. The van der Waals surface area contributed by atoms with Gasteiger partial charge in [0.1, 0.15) is 6.10 Å². The Kier molecular flexibility index (Phi) is 4.95. The first kappa shape index (κ1) is 15.1. The van der Waals surface area contributed by atoms with Gasteiger partial charge in [-0.05, 0) is 22.6 Å². The second-order valence-electron chi connectivity index (χ2n) is 4.32. The summed E-state index contributed by atoms with van der Waals surface area (Å²) in [5.74, 6) is 5.64. The van der Waals surface area contributed by atoms with Gasteiger partial charge >= 0.3 is 6.03 Å². The molecule has 5 nitrogen and oxygen atoms in total. The highest BCUT2D eigenvalue weighted by Crippen LogP contribution is 2.14. The van der Waals surface area contributed by atoms with Gasteiger partial charge in [-0.1, -0.05) is 36.1 Å². The number of rotatable bonds is 3. The number of nitrogens with two attached hydrogens (primary N) is 1. The molecule has 0 saturated heterocycles. The predicted molar refractivity (Wildman–Crippen MR) is 79.5 cm³/mol. The summed E-state index contributed by atoms with van der Waals surface area (Å²) >= 11 is 1.55. The lowest BCUT2D eigenvalue weighted by Gasteiger charge is -2.12. The van der Waals surface area contributed by atoms with Crippen molar-refractivity contribution in [3.05, 3.63) is 57.8 Å². The minimum atomic E-state index is -0.916.